The number of sulfonamides is 1. The second kappa shape index (κ2) is 17.9. The highest BCUT2D eigenvalue weighted by Crippen LogP contribution is 2.33. The summed E-state index contributed by atoms with van der Waals surface area (Å²) in [5.74, 6) is -2.55. The number of fused-ring (bicyclic) bond motifs is 1. The molecule has 1 aliphatic heterocycles. The lowest BCUT2D eigenvalue weighted by molar-refractivity contribution is -0.137. The third kappa shape index (κ3) is 10.3. The lowest BCUT2D eigenvalue weighted by Crippen LogP contribution is -2.35. The number of carboxylic acids is 1. The lowest BCUT2D eigenvalue weighted by atomic mass is 10.2. The molecule has 23 heteroatoms. The number of nitrogens with zero attached hydrogens (tertiary/aromatic N) is 6. The number of anilines is 2. The largest absolute Gasteiger partial charge is 0.478 e. The van der Waals surface area contributed by atoms with Crippen molar-refractivity contribution < 1.29 is 41.8 Å². The normalized spacial score (nSPS) is 12.5. The molecule has 18 nitrogen and oxygen atoms in total. The second-order valence-electron chi connectivity index (χ2n) is 10.1. The fourth-order valence-electron chi connectivity index (χ4n) is 4.33. The Labute approximate surface area is 308 Å². The number of ether oxygens (including phenoxy) is 2. The first-order chi connectivity index (χ1) is 24.8. The van der Waals surface area contributed by atoms with Gasteiger partial charge < -0.3 is 19.9 Å². The maximum Gasteiger partial charge on any atom is 0.337 e. The molecule has 0 bridgehead atoms. The first-order valence-electron chi connectivity index (χ1n) is 15.0. The monoisotopic (exact) mass is 799 g/mol. The number of aromatic nitrogens is 5. The van der Waals surface area contributed by atoms with Crippen LogP contribution in [0, 0.1) is 5.82 Å². The van der Waals surface area contributed by atoms with Crippen LogP contribution in [0.5, 0.6) is 6.01 Å². The van der Waals surface area contributed by atoms with E-state index in [2.05, 4.69) is 35.3 Å². The van der Waals surface area contributed by atoms with E-state index in [-0.39, 0.29) is 45.8 Å². The van der Waals surface area contributed by atoms with Crippen molar-refractivity contribution in [2.24, 2.45) is 4.99 Å². The maximum absolute atomic E-state index is 14.3. The zero-order chi connectivity index (χ0) is 38.0. The summed E-state index contributed by atoms with van der Waals surface area (Å²) in [5, 5.41) is 14.1. The van der Waals surface area contributed by atoms with Crippen LogP contribution >= 0.6 is 34.7 Å². The van der Waals surface area contributed by atoms with E-state index in [1.54, 1.807) is 21.0 Å². The van der Waals surface area contributed by atoms with E-state index >= 15 is 0 Å². The number of carbonyl (C=O) groups excluding carboxylic acids is 2. The average Bonchev–Trinajstić information content (AvgIpc) is 3.43. The lowest BCUT2D eigenvalue weighted by Gasteiger charge is -2.15. The van der Waals surface area contributed by atoms with Gasteiger partial charge in [-0.1, -0.05) is 23.7 Å². The van der Waals surface area contributed by atoms with Gasteiger partial charge >= 0.3 is 28.9 Å². The Morgan fingerprint density at radius 1 is 1.12 bits per heavy atom. The van der Waals surface area contributed by atoms with Crippen LogP contribution in [0.3, 0.4) is 0 Å². The van der Waals surface area contributed by atoms with Crippen molar-refractivity contribution in [3.8, 4) is 6.01 Å². The molecule has 0 unspecified atom stereocenters. The second-order valence-corrected chi connectivity index (χ2v) is 14.1. The fourth-order valence-corrected chi connectivity index (χ4v) is 7.43. The molecule has 0 atom stereocenters. The van der Waals surface area contributed by atoms with Crippen LogP contribution < -0.4 is 29.8 Å². The Morgan fingerprint density at radius 2 is 1.81 bits per heavy atom. The van der Waals surface area contributed by atoms with Crippen molar-refractivity contribution in [2.45, 2.75) is 42.6 Å². The predicted octanol–water partition coefficient (Wildman–Crippen LogP) is 3.32. The zero-order valence-corrected chi connectivity index (χ0v) is 30.8. The minimum atomic E-state index is -4.45. The highest BCUT2D eigenvalue weighted by atomic mass is 35.5. The Morgan fingerprint density at radius 3 is 2.48 bits per heavy atom. The smallest absolute Gasteiger partial charge is 0.337 e. The minimum absolute atomic E-state index is 0.0605. The standard InChI is InChI=1S/C15H15ClFN3O3S2.C14H16N6O6S/c1-23-13(21)8-24-12-7-11(10(17)6-9(12)16)18-14-19-4-2-3-5-20(19)15(22)25-14;1-3-26-14-18-11(15-2)16-12(19-14)17-13(23)20-27(24,25)9-7-5-4-6-8(9)10(21)22/h6-7H,2-5,8H2,1H3;4-7H,3H2,1-2H3,(H,21,22)(H3,15,16,17,18,19,20,23). The number of amides is 2. The number of carboxylic acid groups (broad SMARTS) is 1. The highest BCUT2D eigenvalue weighted by molar-refractivity contribution is 8.00. The molecule has 2 aromatic heterocycles. The van der Waals surface area contributed by atoms with Gasteiger partial charge in [0.15, 0.2) is 0 Å². The molecule has 4 N–H and O–H groups in total. The van der Waals surface area contributed by atoms with Crippen molar-refractivity contribution in [1.82, 2.24) is 29.0 Å². The van der Waals surface area contributed by atoms with Gasteiger partial charge in [-0.05, 0) is 55.4 Å². The number of thioether (sulfide) groups is 1. The molecule has 0 fully saturated rings. The Hall–Kier alpha value is -5.06. The van der Waals surface area contributed by atoms with E-state index in [4.69, 9.17) is 21.4 Å². The van der Waals surface area contributed by atoms with Gasteiger partial charge in [-0.2, -0.15) is 15.0 Å². The van der Waals surface area contributed by atoms with E-state index in [9.17, 15) is 32.0 Å². The number of benzene rings is 2. The van der Waals surface area contributed by atoms with Gasteiger partial charge in [0.05, 0.1) is 30.1 Å². The molecular weight excluding hydrogens is 769 g/mol. The van der Waals surface area contributed by atoms with Gasteiger partial charge in [-0.25, -0.2) is 36.8 Å². The third-order valence-electron chi connectivity index (χ3n) is 6.65. The number of aromatic carboxylic acids is 1. The Balaban J connectivity index is 0.000000233. The summed E-state index contributed by atoms with van der Waals surface area (Å²) >= 11 is 8.17. The van der Waals surface area contributed by atoms with Crippen molar-refractivity contribution >= 4 is 80.3 Å². The van der Waals surface area contributed by atoms with Crippen LogP contribution in [0.1, 0.15) is 30.1 Å². The number of carbonyl (C=O) groups is 3. The SMILES string of the molecule is CCOc1nc(NC)nc(NC(=O)NS(=O)(=O)c2ccccc2C(=O)O)n1.COC(=O)CSc1cc(N=c2sc(=O)n3n2CCCC3)c(F)cc1Cl. The Kier molecular flexibility index (Phi) is 13.7. The van der Waals surface area contributed by atoms with Gasteiger partial charge in [0.1, 0.15) is 16.4 Å². The van der Waals surface area contributed by atoms with E-state index < -0.39 is 44.3 Å². The number of urea groups is 1. The summed E-state index contributed by atoms with van der Waals surface area (Å²) in [5.41, 5.74) is -0.395. The van der Waals surface area contributed by atoms with Crippen LogP contribution in [-0.2, 0) is 32.6 Å². The maximum atomic E-state index is 14.3. The molecule has 2 aromatic carbocycles. The van der Waals surface area contributed by atoms with Crippen LogP contribution in [0.2, 0.25) is 5.02 Å². The number of rotatable bonds is 11. The van der Waals surface area contributed by atoms with E-state index in [1.165, 1.54) is 32.4 Å². The summed E-state index contributed by atoms with van der Waals surface area (Å²) in [4.78, 5) is 62.7. The molecule has 0 radical (unpaired) electrons. The first-order valence-corrected chi connectivity index (χ1v) is 18.7. The number of methoxy groups -OCH3 is 1. The average molecular weight is 800 g/mol. The molecule has 0 spiro atoms. The molecule has 2 amide bonds. The predicted molar refractivity (Wildman–Crippen MR) is 188 cm³/mol. The van der Waals surface area contributed by atoms with Gasteiger partial charge in [-0.3, -0.25) is 19.6 Å². The van der Waals surface area contributed by atoms with Crippen LogP contribution in [0.4, 0.5) is 26.8 Å². The topological polar surface area (TPSA) is 238 Å². The fraction of sp³-hybridized carbons (Fsp3) is 0.310. The van der Waals surface area contributed by atoms with E-state index in [1.807, 2.05) is 0 Å². The van der Waals surface area contributed by atoms with Crippen molar-refractivity contribution in [2.75, 3.05) is 37.2 Å². The van der Waals surface area contributed by atoms with Crippen LogP contribution in [0.25, 0.3) is 0 Å². The highest BCUT2D eigenvalue weighted by Gasteiger charge is 2.24. The summed E-state index contributed by atoms with van der Waals surface area (Å²) in [6.45, 7) is 3.29. The Bertz CT molecular complexity index is 2210. The minimum Gasteiger partial charge on any atom is -0.478 e. The number of halogens is 2. The summed E-state index contributed by atoms with van der Waals surface area (Å²) in [6.07, 6.45) is 1.90. The van der Waals surface area contributed by atoms with Crippen LogP contribution in [-0.4, -0.2) is 82.3 Å². The molecule has 0 saturated carbocycles. The number of hydrogen-bond acceptors (Lipinski definition) is 15. The zero-order valence-electron chi connectivity index (χ0n) is 27.6. The van der Waals surface area contributed by atoms with Crippen LogP contribution in [0.15, 0.2) is 56.0 Å². The van der Waals surface area contributed by atoms with Crippen molar-refractivity contribution in [1.29, 1.82) is 0 Å². The summed E-state index contributed by atoms with van der Waals surface area (Å²) < 4.78 is 53.7. The number of esters is 1. The first kappa shape index (κ1) is 39.7. The van der Waals surface area contributed by atoms with E-state index in [0.29, 0.717) is 22.8 Å². The summed E-state index contributed by atoms with van der Waals surface area (Å²) in [7, 11) is -1.63. The van der Waals surface area contributed by atoms with Crippen molar-refractivity contribution in [3.63, 3.8) is 0 Å². The molecule has 3 heterocycles. The van der Waals surface area contributed by atoms with Crippen molar-refractivity contribution in [3.05, 3.63) is 67.3 Å². The molecule has 0 saturated heterocycles. The quantitative estimate of drug-likeness (QED) is 0.126. The molecule has 52 heavy (non-hydrogen) atoms. The molecular formula is C29H31ClFN9O9S3. The van der Waals surface area contributed by atoms with E-state index in [0.717, 1.165) is 54.1 Å². The molecule has 4 aromatic rings. The molecule has 1 aliphatic rings. The summed E-state index contributed by atoms with van der Waals surface area (Å²) in [6, 6.07) is 6.24. The molecule has 0 aliphatic carbocycles. The number of hydrogen-bond donors (Lipinski definition) is 4. The van der Waals surface area contributed by atoms with Gasteiger partial charge in [0, 0.05) is 25.0 Å². The van der Waals surface area contributed by atoms with Gasteiger partial charge in [-0.15, -0.1) is 11.8 Å². The molecule has 5 rings (SSSR count). The third-order valence-corrected chi connectivity index (χ3v) is 10.4. The van der Waals surface area contributed by atoms with Gasteiger partial charge in [0.2, 0.25) is 16.7 Å². The molecule has 278 valence electrons. The van der Waals surface area contributed by atoms with Gasteiger partial charge in [0.25, 0.3) is 10.0 Å². The number of nitrogens with one attached hydrogen (secondary N) is 3.